The predicted octanol–water partition coefficient (Wildman–Crippen LogP) is 2.03. The van der Waals surface area contributed by atoms with Crippen LogP contribution in [-0.2, 0) is 4.79 Å². The smallest absolute Gasteiger partial charge is 0.224 e. The first-order valence-electron chi connectivity index (χ1n) is 5.25. The quantitative estimate of drug-likeness (QED) is 0.749. The van der Waals surface area contributed by atoms with Gasteiger partial charge in [-0.1, -0.05) is 6.92 Å². The van der Waals surface area contributed by atoms with Crippen molar-refractivity contribution in [3.8, 4) is 0 Å². The Morgan fingerprint density at radius 1 is 1.40 bits per heavy atom. The van der Waals surface area contributed by atoms with Gasteiger partial charge in [-0.15, -0.1) is 0 Å². The van der Waals surface area contributed by atoms with Gasteiger partial charge >= 0.3 is 0 Å². The number of hydrogen-bond acceptors (Lipinski definition) is 2. The molecule has 3 heteroatoms. The summed E-state index contributed by atoms with van der Waals surface area (Å²) in [5.74, 6) is 0.723. The SMILES string of the molecule is CC(=O)N(c1ccc(N)cc1)[C@@H]1C[C@@H]1C. The van der Waals surface area contributed by atoms with Crippen molar-refractivity contribution in [2.45, 2.75) is 26.3 Å². The van der Waals surface area contributed by atoms with Gasteiger partial charge in [0.2, 0.25) is 5.91 Å². The van der Waals surface area contributed by atoms with Crippen molar-refractivity contribution < 1.29 is 4.79 Å². The van der Waals surface area contributed by atoms with E-state index >= 15 is 0 Å². The van der Waals surface area contributed by atoms with Crippen LogP contribution in [0.4, 0.5) is 11.4 Å². The summed E-state index contributed by atoms with van der Waals surface area (Å²) in [6.45, 7) is 3.78. The second kappa shape index (κ2) is 3.57. The van der Waals surface area contributed by atoms with Gasteiger partial charge in [0.05, 0.1) is 0 Å². The highest BCUT2D eigenvalue weighted by Gasteiger charge is 2.40. The summed E-state index contributed by atoms with van der Waals surface area (Å²) in [7, 11) is 0. The molecule has 0 radical (unpaired) electrons. The zero-order valence-electron chi connectivity index (χ0n) is 9.10. The van der Waals surface area contributed by atoms with Crippen molar-refractivity contribution in [3.05, 3.63) is 24.3 Å². The molecule has 80 valence electrons. The van der Waals surface area contributed by atoms with Crippen LogP contribution in [0.2, 0.25) is 0 Å². The molecule has 2 N–H and O–H groups in total. The van der Waals surface area contributed by atoms with Crippen LogP contribution in [0.15, 0.2) is 24.3 Å². The van der Waals surface area contributed by atoms with E-state index in [9.17, 15) is 4.79 Å². The molecule has 0 saturated heterocycles. The molecule has 0 aliphatic heterocycles. The summed E-state index contributed by atoms with van der Waals surface area (Å²) in [6.07, 6.45) is 1.10. The van der Waals surface area contributed by atoms with Crippen LogP contribution < -0.4 is 10.6 Å². The highest BCUT2D eigenvalue weighted by atomic mass is 16.2. The van der Waals surface area contributed by atoms with Crippen LogP contribution in [0.5, 0.6) is 0 Å². The lowest BCUT2D eigenvalue weighted by atomic mass is 10.2. The Bertz CT molecular complexity index is 372. The number of carbonyl (C=O) groups excluding carboxylic acids is 1. The Labute approximate surface area is 89.9 Å². The maximum atomic E-state index is 11.6. The topological polar surface area (TPSA) is 46.3 Å². The van der Waals surface area contributed by atoms with Crippen LogP contribution in [-0.4, -0.2) is 11.9 Å². The summed E-state index contributed by atoms with van der Waals surface area (Å²) < 4.78 is 0. The second-order valence-electron chi connectivity index (χ2n) is 4.26. The third-order valence-corrected chi connectivity index (χ3v) is 2.91. The largest absolute Gasteiger partial charge is 0.399 e. The molecule has 0 spiro atoms. The number of nitrogens with two attached hydrogens (primary N) is 1. The Morgan fingerprint density at radius 3 is 2.33 bits per heavy atom. The van der Waals surface area contributed by atoms with Crippen molar-refractivity contribution >= 4 is 17.3 Å². The van der Waals surface area contributed by atoms with Crippen molar-refractivity contribution in [2.24, 2.45) is 5.92 Å². The normalized spacial score (nSPS) is 23.6. The first-order chi connectivity index (χ1) is 7.09. The summed E-state index contributed by atoms with van der Waals surface area (Å²) in [5.41, 5.74) is 7.30. The van der Waals surface area contributed by atoms with Crippen LogP contribution in [0.3, 0.4) is 0 Å². The number of benzene rings is 1. The Balaban J connectivity index is 2.25. The molecule has 1 aliphatic rings. The number of anilines is 2. The molecule has 0 aromatic heterocycles. The highest BCUT2D eigenvalue weighted by Crippen LogP contribution is 2.38. The first-order valence-corrected chi connectivity index (χ1v) is 5.25. The fraction of sp³-hybridized carbons (Fsp3) is 0.417. The minimum atomic E-state index is 0.106. The van der Waals surface area contributed by atoms with E-state index in [1.165, 1.54) is 0 Å². The predicted molar refractivity (Wildman–Crippen MR) is 61.6 cm³/mol. The fourth-order valence-corrected chi connectivity index (χ4v) is 1.90. The zero-order valence-corrected chi connectivity index (χ0v) is 9.10. The lowest BCUT2D eigenvalue weighted by Gasteiger charge is -2.21. The lowest BCUT2D eigenvalue weighted by molar-refractivity contribution is -0.116. The molecule has 2 atom stereocenters. The van der Waals surface area contributed by atoms with E-state index in [-0.39, 0.29) is 5.91 Å². The Hall–Kier alpha value is -1.51. The zero-order chi connectivity index (χ0) is 11.0. The Morgan fingerprint density at radius 2 is 1.93 bits per heavy atom. The van der Waals surface area contributed by atoms with Gasteiger partial charge in [-0.25, -0.2) is 0 Å². The van der Waals surface area contributed by atoms with Crippen molar-refractivity contribution in [2.75, 3.05) is 10.6 Å². The van der Waals surface area contributed by atoms with Crippen molar-refractivity contribution in [1.29, 1.82) is 0 Å². The molecule has 0 bridgehead atoms. The molecular weight excluding hydrogens is 188 g/mol. The van der Waals surface area contributed by atoms with Gasteiger partial charge in [-0.05, 0) is 36.6 Å². The molecular formula is C12H16N2O. The third-order valence-electron chi connectivity index (χ3n) is 2.91. The van der Waals surface area contributed by atoms with E-state index in [0.29, 0.717) is 12.0 Å². The molecule has 1 amide bonds. The lowest BCUT2D eigenvalue weighted by Crippen LogP contribution is -2.31. The molecule has 1 aromatic carbocycles. The first kappa shape index (κ1) is 10.0. The number of hydrogen-bond donors (Lipinski definition) is 1. The van der Waals surface area contributed by atoms with Gasteiger partial charge in [0.15, 0.2) is 0 Å². The third kappa shape index (κ3) is 1.96. The number of nitrogens with zero attached hydrogens (tertiary/aromatic N) is 1. The van der Waals surface area contributed by atoms with E-state index in [4.69, 9.17) is 5.73 Å². The second-order valence-corrected chi connectivity index (χ2v) is 4.26. The van der Waals surface area contributed by atoms with Crippen LogP contribution in [0.25, 0.3) is 0 Å². The molecule has 1 fully saturated rings. The molecule has 1 saturated carbocycles. The van der Waals surface area contributed by atoms with E-state index < -0.39 is 0 Å². The summed E-state index contributed by atoms with van der Waals surface area (Å²) in [5, 5.41) is 0. The summed E-state index contributed by atoms with van der Waals surface area (Å²) >= 11 is 0. The number of carbonyl (C=O) groups is 1. The van der Waals surface area contributed by atoms with Crippen molar-refractivity contribution in [1.82, 2.24) is 0 Å². The van der Waals surface area contributed by atoms with E-state index in [1.54, 1.807) is 6.92 Å². The average molecular weight is 204 g/mol. The van der Waals surface area contributed by atoms with Gasteiger partial charge < -0.3 is 10.6 Å². The number of amides is 1. The standard InChI is InChI=1S/C12H16N2O/c1-8-7-12(8)14(9(2)15)11-5-3-10(13)4-6-11/h3-6,8,12H,7,13H2,1-2H3/t8-,12+/m0/s1. The average Bonchev–Trinajstić information content (AvgIpc) is 2.86. The maximum absolute atomic E-state index is 11.6. The minimum Gasteiger partial charge on any atom is -0.399 e. The van der Waals surface area contributed by atoms with Gasteiger partial charge in [0.25, 0.3) is 0 Å². The summed E-state index contributed by atoms with van der Waals surface area (Å²) in [4.78, 5) is 13.4. The van der Waals surface area contributed by atoms with E-state index in [1.807, 2.05) is 29.2 Å². The maximum Gasteiger partial charge on any atom is 0.224 e. The van der Waals surface area contributed by atoms with E-state index in [2.05, 4.69) is 6.92 Å². The molecule has 1 aliphatic carbocycles. The van der Waals surface area contributed by atoms with E-state index in [0.717, 1.165) is 17.8 Å². The van der Waals surface area contributed by atoms with Gasteiger partial charge in [0, 0.05) is 24.3 Å². The number of nitrogen functional groups attached to an aromatic ring is 1. The monoisotopic (exact) mass is 204 g/mol. The van der Waals surface area contributed by atoms with Gasteiger partial charge in [-0.3, -0.25) is 4.79 Å². The molecule has 0 unspecified atom stereocenters. The molecule has 3 nitrogen and oxygen atoms in total. The summed E-state index contributed by atoms with van der Waals surface area (Å²) in [6, 6.07) is 7.85. The number of rotatable bonds is 2. The van der Waals surface area contributed by atoms with Crippen LogP contribution in [0, 0.1) is 5.92 Å². The fourth-order valence-electron chi connectivity index (χ4n) is 1.90. The van der Waals surface area contributed by atoms with Gasteiger partial charge in [0.1, 0.15) is 0 Å². The Kier molecular flexibility index (Phi) is 2.39. The van der Waals surface area contributed by atoms with Gasteiger partial charge in [-0.2, -0.15) is 0 Å². The highest BCUT2D eigenvalue weighted by molar-refractivity contribution is 5.92. The van der Waals surface area contributed by atoms with Crippen LogP contribution >= 0.6 is 0 Å². The molecule has 15 heavy (non-hydrogen) atoms. The van der Waals surface area contributed by atoms with Crippen molar-refractivity contribution in [3.63, 3.8) is 0 Å². The molecule has 2 rings (SSSR count). The molecule has 0 heterocycles. The van der Waals surface area contributed by atoms with Crippen LogP contribution in [0.1, 0.15) is 20.3 Å². The minimum absolute atomic E-state index is 0.106. The molecule has 1 aromatic rings.